The fraction of sp³-hybridized carbons (Fsp3) is 1.00. The van der Waals surface area contributed by atoms with Gasteiger partial charge in [-0.05, 0) is 42.4 Å². The maximum atomic E-state index is 2.47. The van der Waals surface area contributed by atoms with E-state index in [1.807, 2.05) is 0 Å². The summed E-state index contributed by atoms with van der Waals surface area (Å²) in [5, 5.41) is 0. The molecule has 1 fully saturated rings. The van der Waals surface area contributed by atoms with Crippen molar-refractivity contribution in [3.8, 4) is 0 Å². The Morgan fingerprint density at radius 1 is 0.706 bits per heavy atom. The maximum absolute atomic E-state index is 2.47. The van der Waals surface area contributed by atoms with E-state index in [2.05, 4.69) is 34.6 Å². The molecule has 0 radical (unpaired) electrons. The highest BCUT2D eigenvalue weighted by Gasteiger charge is 2.24. The van der Waals surface area contributed by atoms with Crippen LogP contribution in [0.15, 0.2) is 0 Å². The summed E-state index contributed by atoms with van der Waals surface area (Å²) in [4.78, 5) is 0. The van der Waals surface area contributed by atoms with Crippen molar-refractivity contribution < 1.29 is 0 Å². The molecule has 17 heavy (non-hydrogen) atoms. The number of hydrogen-bond donors (Lipinski definition) is 0. The number of rotatable bonds is 0. The van der Waals surface area contributed by atoms with Crippen LogP contribution in [0.25, 0.3) is 0 Å². The van der Waals surface area contributed by atoms with E-state index >= 15 is 0 Å². The molecule has 0 amide bonds. The van der Waals surface area contributed by atoms with E-state index in [9.17, 15) is 0 Å². The fourth-order valence-corrected chi connectivity index (χ4v) is 3.47. The van der Waals surface area contributed by atoms with Crippen LogP contribution in [0.1, 0.15) is 92.4 Å². The zero-order valence-corrected chi connectivity index (χ0v) is 12.9. The van der Waals surface area contributed by atoms with Gasteiger partial charge in [0.25, 0.3) is 0 Å². The summed E-state index contributed by atoms with van der Waals surface area (Å²) < 4.78 is 0. The van der Waals surface area contributed by atoms with Crippen molar-refractivity contribution in [2.24, 2.45) is 16.7 Å². The molecule has 0 heteroatoms. The fourth-order valence-electron chi connectivity index (χ4n) is 3.47. The van der Waals surface area contributed by atoms with Crippen molar-refractivity contribution >= 4 is 0 Å². The summed E-state index contributed by atoms with van der Waals surface area (Å²) in [5.41, 5.74) is 1.15. The third-order valence-corrected chi connectivity index (χ3v) is 4.67. The average molecular weight is 238 g/mol. The van der Waals surface area contributed by atoms with Gasteiger partial charge in [0.2, 0.25) is 0 Å². The highest BCUT2D eigenvalue weighted by atomic mass is 14.3. The molecule has 0 N–H and O–H groups in total. The van der Waals surface area contributed by atoms with Crippen LogP contribution in [0.4, 0.5) is 0 Å². The van der Waals surface area contributed by atoms with Crippen LogP contribution in [0, 0.1) is 16.7 Å². The van der Waals surface area contributed by atoms with Crippen LogP contribution in [0.5, 0.6) is 0 Å². The zero-order chi connectivity index (χ0) is 12.9. The largest absolute Gasteiger partial charge is 0.0625 e. The first kappa shape index (κ1) is 15.1. The van der Waals surface area contributed by atoms with E-state index in [4.69, 9.17) is 0 Å². The molecular weight excluding hydrogens is 204 g/mol. The Balaban J connectivity index is 2.54. The van der Waals surface area contributed by atoms with E-state index < -0.39 is 0 Å². The van der Waals surface area contributed by atoms with Crippen LogP contribution < -0.4 is 0 Å². The third-order valence-electron chi connectivity index (χ3n) is 4.67. The van der Waals surface area contributed by atoms with Gasteiger partial charge in [-0.3, -0.25) is 0 Å². The second kappa shape index (κ2) is 6.25. The molecule has 0 heterocycles. The smallest absolute Gasteiger partial charge is 0.0352 e. The van der Waals surface area contributed by atoms with Crippen molar-refractivity contribution in [1.82, 2.24) is 0 Å². The highest BCUT2D eigenvalue weighted by molar-refractivity contribution is 4.76. The third kappa shape index (κ3) is 6.48. The minimum Gasteiger partial charge on any atom is -0.0625 e. The Hall–Kier alpha value is 0. The molecule has 0 aromatic rings. The minimum absolute atomic E-state index is 0.572. The van der Waals surface area contributed by atoms with Crippen molar-refractivity contribution in [3.63, 3.8) is 0 Å². The van der Waals surface area contributed by atoms with Crippen LogP contribution in [0.3, 0.4) is 0 Å². The molecule has 0 bridgehead atoms. The van der Waals surface area contributed by atoms with Crippen molar-refractivity contribution in [2.45, 2.75) is 92.4 Å². The lowest BCUT2D eigenvalue weighted by Crippen LogP contribution is -2.19. The van der Waals surface area contributed by atoms with Gasteiger partial charge in [0, 0.05) is 0 Å². The molecule has 1 atom stereocenters. The van der Waals surface area contributed by atoms with Gasteiger partial charge >= 0.3 is 0 Å². The Labute approximate surface area is 110 Å². The topological polar surface area (TPSA) is 0 Å². The van der Waals surface area contributed by atoms with Gasteiger partial charge < -0.3 is 0 Å². The van der Waals surface area contributed by atoms with Crippen molar-refractivity contribution in [1.29, 1.82) is 0 Å². The van der Waals surface area contributed by atoms with E-state index in [-0.39, 0.29) is 0 Å². The van der Waals surface area contributed by atoms with E-state index in [1.54, 1.807) is 0 Å². The Morgan fingerprint density at radius 2 is 1.24 bits per heavy atom. The van der Waals surface area contributed by atoms with Gasteiger partial charge in [-0.2, -0.15) is 0 Å². The lowest BCUT2D eigenvalue weighted by Gasteiger charge is -2.32. The summed E-state index contributed by atoms with van der Waals surface area (Å²) in [6, 6.07) is 0. The van der Waals surface area contributed by atoms with Gasteiger partial charge in [-0.25, -0.2) is 0 Å². The lowest BCUT2D eigenvalue weighted by molar-refractivity contribution is 0.202. The molecule has 0 aromatic heterocycles. The summed E-state index contributed by atoms with van der Waals surface area (Å²) in [7, 11) is 0. The molecule has 1 rings (SSSR count). The van der Waals surface area contributed by atoms with Crippen LogP contribution in [-0.2, 0) is 0 Å². The minimum atomic E-state index is 0.572. The predicted molar refractivity (Wildman–Crippen MR) is 78.3 cm³/mol. The summed E-state index contributed by atoms with van der Waals surface area (Å²) in [5.74, 6) is 0.906. The summed E-state index contributed by atoms with van der Waals surface area (Å²) >= 11 is 0. The van der Waals surface area contributed by atoms with Crippen molar-refractivity contribution in [3.05, 3.63) is 0 Å². The quantitative estimate of drug-likeness (QED) is 0.471. The molecular formula is C17H34. The van der Waals surface area contributed by atoms with E-state index in [0.29, 0.717) is 10.8 Å². The zero-order valence-electron chi connectivity index (χ0n) is 12.9. The first-order valence-corrected chi connectivity index (χ1v) is 7.81. The van der Waals surface area contributed by atoms with Crippen molar-refractivity contribution in [2.75, 3.05) is 0 Å². The molecule has 0 saturated heterocycles. The average Bonchev–Trinajstić information content (AvgIpc) is 2.18. The molecule has 1 aliphatic rings. The van der Waals surface area contributed by atoms with Gasteiger partial charge in [0.1, 0.15) is 0 Å². The SMILES string of the molecule is CC1CCC(C)(C)CCCCCCC(C)(C)C1. The number of hydrogen-bond acceptors (Lipinski definition) is 0. The second-order valence-corrected chi connectivity index (χ2v) is 8.09. The van der Waals surface area contributed by atoms with Gasteiger partial charge in [-0.15, -0.1) is 0 Å². The molecule has 102 valence electrons. The molecule has 1 aliphatic carbocycles. The summed E-state index contributed by atoms with van der Waals surface area (Å²) in [6.45, 7) is 12.3. The Kier molecular flexibility index (Phi) is 5.54. The van der Waals surface area contributed by atoms with Gasteiger partial charge in [0.15, 0.2) is 0 Å². The normalized spacial score (nSPS) is 31.2. The monoisotopic (exact) mass is 238 g/mol. The van der Waals surface area contributed by atoms with E-state index in [0.717, 1.165) is 5.92 Å². The highest BCUT2D eigenvalue weighted by Crippen LogP contribution is 2.37. The van der Waals surface area contributed by atoms with Crippen LogP contribution >= 0.6 is 0 Å². The first-order chi connectivity index (χ1) is 7.81. The van der Waals surface area contributed by atoms with Crippen LogP contribution in [-0.4, -0.2) is 0 Å². The predicted octanol–water partition coefficient (Wildman–Crippen LogP) is 6.20. The molecule has 0 nitrogen and oxygen atoms in total. The Bertz CT molecular complexity index is 212. The Morgan fingerprint density at radius 3 is 1.82 bits per heavy atom. The molecule has 0 aliphatic heterocycles. The lowest BCUT2D eigenvalue weighted by atomic mass is 9.74. The standard InChI is InChI=1S/C17H34/c1-15-10-13-16(2,3)11-8-6-7-9-12-17(4,5)14-15/h15H,6-14H2,1-5H3. The molecule has 1 saturated carbocycles. The van der Waals surface area contributed by atoms with E-state index in [1.165, 1.54) is 57.8 Å². The van der Waals surface area contributed by atoms with Gasteiger partial charge in [0.05, 0.1) is 0 Å². The molecule has 1 unspecified atom stereocenters. The van der Waals surface area contributed by atoms with Crippen LogP contribution in [0.2, 0.25) is 0 Å². The molecule has 0 aromatic carbocycles. The van der Waals surface area contributed by atoms with Gasteiger partial charge in [-0.1, -0.05) is 66.7 Å². The summed E-state index contributed by atoms with van der Waals surface area (Å²) in [6.07, 6.45) is 12.9. The maximum Gasteiger partial charge on any atom is -0.0352 e. The molecule has 0 spiro atoms. The first-order valence-electron chi connectivity index (χ1n) is 7.81. The second-order valence-electron chi connectivity index (χ2n) is 8.09.